The van der Waals surface area contributed by atoms with Crippen molar-refractivity contribution in [3.05, 3.63) is 229 Å². The van der Waals surface area contributed by atoms with Crippen molar-refractivity contribution in [2.24, 2.45) is 0 Å². The zero-order valence-electron chi connectivity index (χ0n) is 36.5. The molecule has 0 saturated heterocycles. The van der Waals surface area contributed by atoms with Gasteiger partial charge in [-0.3, -0.25) is 0 Å². The van der Waals surface area contributed by atoms with Gasteiger partial charge in [0.1, 0.15) is 0 Å². The fourth-order valence-corrected chi connectivity index (χ4v) is 11.4. The lowest BCUT2D eigenvalue weighted by atomic mass is 9.78. The second-order valence-electron chi connectivity index (χ2n) is 19.0. The molecular formula is C62H46N2. The third-order valence-corrected chi connectivity index (χ3v) is 14.7. The van der Waals surface area contributed by atoms with Crippen LogP contribution in [0.4, 0.5) is 34.1 Å². The van der Waals surface area contributed by atoms with Gasteiger partial charge in [0.15, 0.2) is 0 Å². The first-order chi connectivity index (χ1) is 31.2. The predicted molar refractivity (Wildman–Crippen MR) is 270 cm³/mol. The lowest BCUT2D eigenvalue weighted by Gasteiger charge is -2.29. The van der Waals surface area contributed by atoms with Crippen LogP contribution in [0, 0.1) is 0 Å². The molecule has 0 fully saturated rings. The molecule has 10 aromatic rings. The highest BCUT2D eigenvalue weighted by molar-refractivity contribution is 6.12. The van der Waals surface area contributed by atoms with E-state index in [2.05, 4.69) is 244 Å². The summed E-state index contributed by atoms with van der Waals surface area (Å²) in [5, 5.41) is 4.98. The van der Waals surface area contributed by atoms with Crippen LogP contribution in [0.25, 0.3) is 66.1 Å². The second-order valence-corrected chi connectivity index (χ2v) is 19.0. The molecule has 10 aromatic carbocycles. The summed E-state index contributed by atoms with van der Waals surface area (Å²) in [6.07, 6.45) is 0. The van der Waals surface area contributed by atoms with Crippen LogP contribution in [0.3, 0.4) is 0 Å². The van der Waals surface area contributed by atoms with Crippen LogP contribution in [0.1, 0.15) is 49.9 Å². The molecular weight excluding hydrogens is 773 g/mol. The van der Waals surface area contributed by atoms with Crippen molar-refractivity contribution in [2.45, 2.75) is 38.5 Å². The molecule has 0 aliphatic heterocycles. The summed E-state index contributed by atoms with van der Waals surface area (Å²) in [6, 6.07) is 77.0. The zero-order chi connectivity index (χ0) is 42.9. The van der Waals surface area contributed by atoms with Crippen molar-refractivity contribution in [2.75, 3.05) is 9.80 Å². The summed E-state index contributed by atoms with van der Waals surface area (Å²) in [6.45, 7) is 9.43. The average Bonchev–Trinajstić information content (AvgIpc) is 3.70. The SMILES string of the molecule is CC1(C)c2ccccc2-c2ccc(N(c3ccccc3)c3ccc4cc5c(cc4c3)-c3cc4cc(N(c6ccccc6)c6ccc7c(c6)C(C)(C)c6ccccc6-7)ccc4cc3-5)cc21. The predicted octanol–water partition coefficient (Wildman–Crippen LogP) is 17.2. The monoisotopic (exact) mass is 818 g/mol. The smallest absolute Gasteiger partial charge is 0.0468 e. The lowest BCUT2D eigenvalue weighted by molar-refractivity contribution is 0.660. The van der Waals surface area contributed by atoms with Gasteiger partial charge in [-0.15, -0.1) is 0 Å². The minimum Gasteiger partial charge on any atom is -0.310 e. The molecule has 0 radical (unpaired) electrons. The Morgan fingerprint density at radius 1 is 0.234 bits per heavy atom. The van der Waals surface area contributed by atoms with Gasteiger partial charge in [0.05, 0.1) is 0 Å². The van der Waals surface area contributed by atoms with Crippen LogP contribution >= 0.6 is 0 Å². The Balaban J connectivity index is 0.889. The second kappa shape index (κ2) is 13.4. The van der Waals surface area contributed by atoms with E-state index in [1.54, 1.807) is 0 Å². The van der Waals surface area contributed by atoms with Crippen molar-refractivity contribution < 1.29 is 0 Å². The van der Waals surface area contributed by atoms with Crippen molar-refractivity contribution in [1.82, 2.24) is 0 Å². The van der Waals surface area contributed by atoms with Crippen LogP contribution in [-0.2, 0) is 10.8 Å². The van der Waals surface area contributed by atoms with Gasteiger partial charge < -0.3 is 9.80 Å². The number of rotatable bonds is 6. The summed E-state index contributed by atoms with van der Waals surface area (Å²) in [5.74, 6) is 0. The van der Waals surface area contributed by atoms with Gasteiger partial charge >= 0.3 is 0 Å². The van der Waals surface area contributed by atoms with Crippen molar-refractivity contribution in [3.8, 4) is 44.5 Å². The average molecular weight is 819 g/mol. The first-order valence-corrected chi connectivity index (χ1v) is 22.6. The summed E-state index contributed by atoms with van der Waals surface area (Å²) in [5.41, 5.74) is 22.9. The van der Waals surface area contributed by atoms with Crippen LogP contribution in [0.15, 0.2) is 206 Å². The number of hydrogen-bond donors (Lipinski definition) is 0. The van der Waals surface area contributed by atoms with Crippen molar-refractivity contribution >= 4 is 55.7 Å². The van der Waals surface area contributed by atoms with Crippen molar-refractivity contribution in [1.29, 1.82) is 0 Å². The van der Waals surface area contributed by atoms with Crippen LogP contribution in [-0.4, -0.2) is 0 Å². The fraction of sp³-hybridized carbons (Fsp3) is 0.0968. The normalized spacial score (nSPS) is 14.2. The maximum absolute atomic E-state index is 2.42. The third-order valence-electron chi connectivity index (χ3n) is 14.7. The van der Waals surface area contributed by atoms with Crippen molar-refractivity contribution in [3.63, 3.8) is 0 Å². The summed E-state index contributed by atoms with van der Waals surface area (Å²) < 4.78 is 0. The Morgan fingerprint density at radius 3 is 0.984 bits per heavy atom. The van der Waals surface area contributed by atoms with Gasteiger partial charge in [0.2, 0.25) is 0 Å². The van der Waals surface area contributed by atoms with E-state index in [0.29, 0.717) is 0 Å². The van der Waals surface area contributed by atoms with Crippen LogP contribution in [0.5, 0.6) is 0 Å². The molecule has 2 heteroatoms. The van der Waals surface area contributed by atoms with Gasteiger partial charge in [-0.2, -0.15) is 0 Å². The van der Waals surface area contributed by atoms with Crippen LogP contribution in [0.2, 0.25) is 0 Å². The number of para-hydroxylation sites is 2. The quantitative estimate of drug-likeness (QED) is 0.165. The van der Waals surface area contributed by atoms with E-state index in [4.69, 9.17) is 0 Å². The highest BCUT2D eigenvalue weighted by atomic mass is 15.1. The number of hydrogen-bond acceptors (Lipinski definition) is 2. The molecule has 0 saturated carbocycles. The Bertz CT molecular complexity index is 3320. The first kappa shape index (κ1) is 36.9. The topological polar surface area (TPSA) is 6.48 Å². The highest BCUT2D eigenvalue weighted by Crippen LogP contribution is 2.54. The zero-order valence-corrected chi connectivity index (χ0v) is 36.5. The Morgan fingerprint density at radius 2 is 0.562 bits per heavy atom. The van der Waals surface area contributed by atoms with Gasteiger partial charge in [-0.05, 0) is 185 Å². The molecule has 0 amide bonds. The molecule has 0 atom stereocenters. The Labute approximate surface area is 375 Å². The number of fused-ring (bicyclic) bond motifs is 12. The molecule has 2 nitrogen and oxygen atoms in total. The van der Waals surface area contributed by atoms with Gasteiger partial charge in [0, 0.05) is 45.0 Å². The van der Waals surface area contributed by atoms with E-state index >= 15 is 0 Å². The molecule has 0 bridgehead atoms. The highest BCUT2D eigenvalue weighted by Gasteiger charge is 2.37. The Hall–Kier alpha value is -7.68. The molecule has 0 unspecified atom stereocenters. The van der Waals surface area contributed by atoms with E-state index in [-0.39, 0.29) is 10.8 Å². The lowest BCUT2D eigenvalue weighted by Crippen LogP contribution is -2.16. The number of benzene rings is 10. The minimum absolute atomic E-state index is 0.0832. The van der Waals surface area contributed by atoms with Crippen LogP contribution < -0.4 is 9.80 Å². The number of nitrogens with zero attached hydrogens (tertiary/aromatic N) is 2. The maximum atomic E-state index is 2.42. The molecule has 13 rings (SSSR count). The first-order valence-electron chi connectivity index (χ1n) is 22.6. The maximum Gasteiger partial charge on any atom is 0.0468 e. The molecule has 64 heavy (non-hydrogen) atoms. The summed E-state index contributed by atoms with van der Waals surface area (Å²) in [4.78, 5) is 4.83. The van der Waals surface area contributed by atoms with Gasteiger partial charge in [-0.25, -0.2) is 0 Å². The van der Waals surface area contributed by atoms with E-state index in [1.807, 2.05) is 0 Å². The van der Waals surface area contributed by atoms with E-state index in [0.717, 1.165) is 22.7 Å². The molecule has 0 heterocycles. The minimum atomic E-state index is -0.0832. The van der Waals surface area contributed by atoms with E-state index in [1.165, 1.54) is 99.7 Å². The molecule has 0 spiro atoms. The molecule has 0 aromatic heterocycles. The molecule has 3 aliphatic rings. The fourth-order valence-electron chi connectivity index (χ4n) is 11.4. The van der Waals surface area contributed by atoms with E-state index < -0.39 is 0 Å². The largest absolute Gasteiger partial charge is 0.310 e. The van der Waals surface area contributed by atoms with Gasteiger partial charge in [0.25, 0.3) is 0 Å². The third kappa shape index (κ3) is 5.32. The standard InChI is InChI=1S/C62H46N2/c1-61(2)57-21-13-11-19-49(57)51-29-27-47(37-59(51)61)63(43-15-7-5-8-16-43)45-25-23-39-33-53-54-34-40-24-26-46(32-42(40)36-56(54)55(53)35-41(39)31-45)64(44-17-9-6-10-18-44)48-28-30-52-50-20-12-14-22-58(50)62(3,4)60(52)38-48/h5-38H,1-4H3. The summed E-state index contributed by atoms with van der Waals surface area (Å²) in [7, 11) is 0. The van der Waals surface area contributed by atoms with E-state index in [9.17, 15) is 0 Å². The molecule has 3 aliphatic carbocycles. The molecule has 304 valence electrons. The summed E-state index contributed by atoms with van der Waals surface area (Å²) >= 11 is 0. The molecule has 0 N–H and O–H groups in total. The van der Waals surface area contributed by atoms with Gasteiger partial charge in [-0.1, -0.05) is 137 Å². The number of anilines is 6. The Kier molecular flexibility index (Phi) is 7.74.